The Hall–Kier alpha value is -2.48. The van der Waals surface area contributed by atoms with Gasteiger partial charge in [-0.05, 0) is 31.7 Å². The minimum absolute atomic E-state index is 0.105. The van der Waals surface area contributed by atoms with Crippen molar-refractivity contribution in [2.24, 2.45) is 5.92 Å². The van der Waals surface area contributed by atoms with Gasteiger partial charge in [-0.25, -0.2) is 4.98 Å². The Morgan fingerprint density at radius 3 is 3.04 bits per heavy atom. The smallest absolute Gasteiger partial charge is 0.254 e. The maximum absolute atomic E-state index is 6.23. The summed E-state index contributed by atoms with van der Waals surface area (Å²) in [5.74, 6) is 2.37. The highest BCUT2D eigenvalue weighted by atomic mass is 16.5. The summed E-state index contributed by atoms with van der Waals surface area (Å²) in [6.07, 6.45) is 6.11. The largest absolute Gasteiger partial charge is 0.374 e. The number of rotatable bonds is 4. The van der Waals surface area contributed by atoms with E-state index < -0.39 is 0 Å². The van der Waals surface area contributed by atoms with Crippen molar-refractivity contribution in [2.75, 3.05) is 18.1 Å². The van der Waals surface area contributed by atoms with Crippen molar-refractivity contribution < 1.29 is 4.74 Å². The molecule has 1 fully saturated rings. The second-order valence-electron chi connectivity index (χ2n) is 7.01. The first-order chi connectivity index (χ1) is 12.3. The minimum Gasteiger partial charge on any atom is -0.374 e. The minimum atomic E-state index is 0.105. The highest BCUT2D eigenvalue weighted by Crippen LogP contribution is 2.30. The number of ether oxygens (including phenoxy) is 1. The van der Waals surface area contributed by atoms with E-state index in [1.165, 1.54) is 18.5 Å². The lowest BCUT2D eigenvalue weighted by molar-refractivity contribution is 0.0392. The van der Waals surface area contributed by atoms with Crippen molar-refractivity contribution >= 4 is 11.6 Å². The van der Waals surface area contributed by atoms with Crippen LogP contribution in [-0.4, -0.2) is 48.6 Å². The van der Waals surface area contributed by atoms with Crippen LogP contribution in [0.5, 0.6) is 0 Å². The third-order valence-corrected chi connectivity index (χ3v) is 4.91. The molecule has 3 aromatic rings. The summed E-state index contributed by atoms with van der Waals surface area (Å²) in [6.45, 7) is 5.19. The van der Waals surface area contributed by atoms with Crippen molar-refractivity contribution in [3.8, 4) is 0 Å². The fraction of sp³-hybridized carbons (Fsp3) is 0.529. The molecule has 0 saturated heterocycles. The summed E-state index contributed by atoms with van der Waals surface area (Å²) >= 11 is 0. The zero-order chi connectivity index (χ0) is 16.8. The Balaban J connectivity index is 1.50. The Labute approximate surface area is 145 Å². The highest BCUT2D eigenvalue weighted by Gasteiger charge is 2.28. The van der Waals surface area contributed by atoms with Crippen LogP contribution < -0.4 is 4.90 Å². The molecule has 3 aromatic heterocycles. The number of hydrogen-bond donors (Lipinski definition) is 0. The second kappa shape index (κ2) is 5.80. The van der Waals surface area contributed by atoms with Crippen molar-refractivity contribution in [2.45, 2.75) is 39.0 Å². The van der Waals surface area contributed by atoms with Crippen LogP contribution in [0.25, 0.3) is 5.78 Å². The van der Waals surface area contributed by atoms with E-state index in [4.69, 9.17) is 4.74 Å². The quantitative estimate of drug-likeness (QED) is 0.716. The fourth-order valence-corrected chi connectivity index (χ4v) is 3.39. The predicted molar refractivity (Wildman–Crippen MR) is 91.3 cm³/mol. The van der Waals surface area contributed by atoms with E-state index in [2.05, 4.69) is 41.9 Å². The topological polar surface area (TPSA) is 73.4 Å². The lowest BCUT2D eigenvalue weighted by atomic mass is 10.3. The summed E-state index contributed by atoms with van der Waals surface area (Å²) in [6, 6.07) is 4.13. The summed E-state index contributed by atoms with van der Waals surface area (Å²) in [7, 11) is 0. The molecule has 130 valence electrons. The molecular formula is C17H21N7O. The van der Waals surface area contributed by atoms with Gasteiger partial charge in [0.1, 0.15) is 12.1 Å². The molecule has 2 aliphatic rings. The molecule has 25 heavy (non-hydrogen) atoms. The third-order valence-electron chi connectivity index (χ3n) is 4.91. The average molecular weight is 339 g/mol. The Morgan fingerprint density at radius 2 is 2.16 bits per heavy atom. The number of hydrogen-bond acceptors (Lipinski definition) is 6. The van der Waals surface area contributed by atoms with E-state index in [1.807, 2.05) is 13.1 Å². The van der Waals surface area contributed by atoms with Gasteiger partial charge in [-0.2, -0.15) is 19.7 Å². The van der Waals surface area contributed by atoms with Gasteiger partial charge in [0.15, 0.2) is 0 Å². The lowest BCUT2D eigenvalue weighted by Crippen LogP contribution is -2.34. The number of aryl methyl sites for hydroxylation is 1. The van der Waals surface area contributed by atoms with E-state index in [-0.39, 0.29) is 6.10 Å². The molecule has 1 aliphatic carbocycles. The molecule has 5 rings (SSSR count). The Bertz CT molecular complexity index is 897. The molecule has 1 aliphatic heterocycles. The predicted octanol–water partition coefficient (Wildman–Crippen LogP) is 1.44. The van der Waals surface area contributed by atoms with E-state index in [0.29, 0.717) is 5.78 Å². The second-order valence-corrected chi connectivity index (χ2v) is 7.01. The molecule has 1 unspecified atom stereocenters. The molecule has 0 radical (unpaired) electrons. The van der Waals surface area contributed by atoms with Crippen LogP contribution in [0, 0.1) is 12.8 Å². The molecule has 8 nitrogen and oxygen atoms in total. The molecule has 1 saturated carbocycles. The van der Waals surface area contributed by atoms with Crippen LogP contribution in [0.3, 0.4) is 0 Å². The van der Waals surface area contributed by atoms with Crippen LogP contribution >= 0.6 is 0 Å². The first-order valence-corrected chi connectivity index (χ1v) is 8.81. The van der Waals surface area contributed by atoms with E-state index in [9.17, 15) is 0 Å². The van der Waals surface area contributed by atoms with Gasteiger partial charge in [0.05, 0.1) is 24.9 Å². The van der Waals surface area contributed by atoms with Gasteiger partial charge in [0, 0.05) is 31.1 Å². The third kappa shape index (κ3) is 2.86. The van der Waals surface area contributed by atoms with Crippen LogP contribution in [0.1, 0.15) is 24.2 Å². The Kier molecular flexibility index (Phi) is 3.44. The van der Waals surface area contributed by atoms with Crippen LogP contribution in [0.2, 0.25) is 0 Å². The van der Waals surface area contributed by atoms with Gasteiger partial charge in [0.2, 0.25) is 0 Å². The van der Waals surface area contributed by atoms with Crippen LogP contribution in [0.4, 0.5) is 5.82 Å². The molecule has 4 heterocycles. The number of nitrogens with zero attached hydrogens (tertiary/aromatic N) is 7. The normalized spacial score (nSPS) is 20.7. The van der Waals surface area contributed by atoms with Gasteiger partial charge >= 0.3 is 0 Å². The van der Waals surface area contributed by atoms with Gasteiger partial charge < -0.3 is 9.64 Å². The van der Waals surface area contributed by atoms with E-state index in [0.717, 1.165) is 43.7 Å². The zero-order valence-corrected chi connectivity index (χ0v) is 14.2. The molecule has 1 atom stereocenters. The van der Waals surface area contributed by atoms with Crippen molar-refractivity contribution in [3.63, 3.8) is 0 Å². The zero-order valence-electron chi connectivity index (χ0n) is 14.2. The number of anilines is 1. The molecule has 0 amide bonds. The number of fused-ring (bicyclic) bond motifs is 2. The van der Waals surface area contributed by atoms with E-state index >= 15 is 0 Å². The maximum Gasteiger partial charge on any atom is 0.254 e. The maximum atomic E-state index is 6.23. The molecule has 8 heteroatoms. The fourth-order valence-electron chi connectivity index (χ4n) is 3.39. The lowest BCUT2D eigenvalue weighted by Gasteiger charge is -2.26. The van der Waals surface area contributed by atoms with Gasteiger partial charge in [-0.3, -0.25) is 4.68 Å². The van der Waals surface area contributed by atoms with Gasteiger partial charge in [0.25, 0.3) is 5.78 Å². The van der Waals surface area contributed by atoms with Crippen LogP contribution in [-0.2, 0) is 17.8 Å². The molecule has 0 aromatic carbocycles. The summed E-state index contributed by atoms with van der Waals surface area (Å²) in [5.41, 5.74) is 2.11. The summed E-state index contributed by atoms with van der Waals surface area (Å²) in [4.78, 5) is 11.0. The van der Waals surface area contributed by atoms with Crippen molar-refractivity contribution in [1.29, 1.82) is 0 Å². The first kappa shape index (κ1) is 14.8. The number of aromatic nitrogens is 6. The summed E-state index contributed by atoms with van der Waals surface area (Å²) < 4.78 is 10.1. The van der Waals surface area contributed by atoms with Gasteiger partial charge in [-0.15, -0.1) is 0 Å². The molecule has 0 N–H and O–H groups in total. The molecule has 0 bridgehead atoms. The van der Waals surface area contributed by atoms with Crippen molar-refractivity contribution in [3.05, 3.63) is 36.0 Å². The molecular weight excluding hydrogens is 318 g/mol. The SMILES string of the molecule is Cc1cc(N2Cc3ccnn3CC(OCC3CC3)C2)n2ncnc2n1. The standard InChI is InChI=1S/C17H21N7O/c1-12-6-16(24-17(21-12)18-11-20-24)22-7-14-4-5-19-23(14)9-15(8-22)25-10-13-2-3-13/h4-6,11,13,15H,2-3,7-10H2,1H3. The first-order valence-electron chi connectivity index (χ1n) is 8.81. The summed E-state index contributed by atoms with van der Waals surface area (Å²) in [5, 5.41) is 8.83. The average Bonchev–Trinajstić information content (AvgIpc) is 3.20. The van der Waals surface area contributed by atoms with Gasteiger partial charge in [-0.1, -0.05) is 0 Å². The van der Waals surface area contributed by atoms with Crippen LogP contribution in [0.15, 0.2) is 24.7 Å². The van der Waals surface area contributed by atoms with E-state index in [1.54, 1.807) is 10.8 Å². The Morgan fingerprint density at radius 1 is 1.24 bits per heavy atom. The molecule has 0 spiro atoms. The van der Waals surface area contributed by atoms with Crippen molar-refractivity contribution in [1.82, 2.24) is 29.4 Å². The monoisotopic (exact) mass is 339 g/mol. The highest BCUT2D eigenvalue weighted by molar-refractivity contribution is 5.47.